The third-order valence-electron chi connectivity index (χ3n) is 3.91. The van der Waals surface area contributed by atoms with Gasteiger partial charge in [-0.15, -0.1) is 0 Å². The Morgan fingerprint density at radius 3 is 2.85 bits per heavy atom. The molecule has 2 aromatic heterocycles. The summed E-state index contributed by atoms with van der Waals surface area (Å²) in [5, 5.41) is 10.9. The van der Waals surface area contributed by atoms with Crippen molar-refractivity contribution in [3.05, 3.63) is 30.6 Å². The lowest BCUT2D eigenvalue weighted by Crippen LogP contribution is -2.41. The number of H-pyrrole nitrogens is 1. The minimum absolute atomic E-state index is 0.129. The zero-order chi connectivity index (χ0) is 13.9. The number of aromatic amines is 1. The number of amides is 1. The maximum atomic E-state index is 12.4. The molecule has 20 heavy (non-hydrogen) atoms. The molecule has 1 saturated heterocycles. The van der Waals surface area contributed by atoms with Crippen molar-refractivity contribution in [1.29, 1.82) is 0 Å². The van der Waals surface area contributed by atoms with Crippen LogP contribution in [0.3, 0.4) is 0 Å². The van der Waals surface area contributed by atoms with Gasteiger partial charge in [0.15, 0.2) is 0 Å². The lowest BCUT2D eigenvalue weighted by Gasteiger charge is -2.32. The van der Waals surface area contributed by atoms with E-state index in [1.807, 2.05) is 24.1 Å². The number of nitrogens with zero attached hydrogens (tertiary/aromatic N) is 5. The Balaban J connectivity index is 1.59. The number of nitrogens with one attached hydrogen (secondary N) is 1. The molecule has 2 aromatic rings. The van der Waals surface area contributed by atoms with Crippen LogP contribution in [0.4, 0.5) is 0 Å². The first-order valence-electron chi connectivity index (χ1n) is 6.89. The van der Waals surface area contributed by atoms with E-state index in [9.17, 15) is 4.79 Å². The molecule has 1 N–H and O–H groups in total. The minimum Gasteiger partial charge on any atom is -0.341 e. The summed E-state index contributed by atoms with van der Waals surface area (Å²) in [6.45, 7) is 3.41. The molecule has 1 aliphatic heterocycles. The van der Waals surface area contributed by atoms with Crippen molar-refractivity contribution in [3.8, 4) is 0 Å². The van der Waals surface area contributed by atoms with Crippen molar-refractivity contribution in [2.45, 2.75) is 31.7 Å². The van der Waals surface area contributed by atoms with E-state index in [0.29, 0.717) is 5.92 Å². The summed E-state index contributed by atoms with van der Waals surface area (Å²) in [6, 6.07) is 1.59. The maximum Gasteiger partial charge on any atom is 0.247 e. The zero-order valence-corrected chi connectivity index (χ0v) is 11.4. The fraction of sp³-hybridized carbons (Fsp3) is 0.538. The first kappa shape index (κ1) is 12.8. The summed E-state index contributed by atoms with van der Waals surface area (Å²) in [5.74, 6) is 1.43. The summed E-state index contributed by atoms with van der Waals surface area (Å²) in [5.41, 5.74) is 0. The lowest BCUT2D eigenvalue weighted by atomic mass is 9.96. The average Bonchev–Trinajstić information content (AvgIpc) is 3.18. The van der Waals surface area contributed by atoms with Crippen LogP contribution in [0.15, 0.2) is 24.8 Å². The van der Waals surface area contributed by atoms with E-state index in [-0.39, 0.29) is 11.9 Å². The number of aromatic nitrogens is 5. The first-order valence-corrected chi connectivity index (χ1v) is 6.89. The summed E-state index contributed by atoms with van der Waals surface area (Å²) in [4.78, 5) is 18.5. The second kappa shape index (κ2) is 5.44. The monoisotopic (exact) mass is 274 g/mol. The Hall–Kier alpha value is -2.18. The van der Waals surface area contributed by atoms with Gasteiger partial charge in [-0.1, -0.05) is 0 Å². The Morgan fingerprint density at radius 1 is 1.45 bits per heavy atom. The van der Waals surface area contributed by atoms with E-state index < -0.39 is 0 Å². The van der Waals surface area contributed by atoms with E-state index in [0.717, 1.165) is 31.8 Å². The maximum absolute atomic E-state index is 12.4. The Bertz CT molecular complexity index is 541. The van der Waals surface area contributed by atoms with E-state index in [1.165, 1.54) is 6.33 Å². The van der Waals surface area contributed by atoms with Crippen molar-refractivity contribution in [2.24, 2.45) is 0 Å². The topological polar surface area (TPSA) is 79.7 Å². The van der Waals surface area contributed by atoms with Crippen LogP contribution in [0.5, 0.6) is 0 Å². The second-order valence-electron chi connectivity index (χ2n) is 5.13. The summed E-state index contributed by atoms with van der Waals surface area (Å²) >= 11 is 0. The van der Waals surface area contributed by atoms with Gasteiger partial charge in [0, 0.05) is 31.4 Å². The molecule has 0 unspecified atom stereocenters. The van der Waals surface area contributed by atoms with Crippen LogP contribution < -0.4 is 0 Å². The standard InChI is InChI=1S/C13H18N6O/c1-10(19-6-2-5-16-19)13(20)18-7-3-11(4-8-18)12-14-9-15-17-12/h2,5-6,9-11H,3-4,7-8H2,1H3,(H,14,15,17)/t10-/m0/s1. The highest BCUT2D eigenvalue weighted by atomic mass is 16.2. The molecule has 7 nitrogen and oxygen atoms in total. The molecule has 0 bridgehead atoms. The molecule has 0 spiro atoms. The molecule has 0 radical (unpaired) electrons. The number of likely N-dealkylation sites (tertiary alicyclic amines) is 1. The number of hydrogen-bond acceptors (Lipinski definition) is 4. The normalized spacial score (nSPS) is 18.1. The molecule has 1 aliphatic rings. The van der Waals surface area contributed by atoms with Crippen molar-refractivity contribution < 1.29 is 4.79 Å². The van der Waals surface area contributed by atoms with Gasteiger partial charge in [0.1, 0.15) is 18.2 Å². The van der Waals surface area contributed by atoms with Crippen LogP contribution in [0, 0.1) is 0 Å². The van der Waals surface area contributed by atoms with Crippen LogP contribution in [0.2, 0.25) is 0 Å². The van der Waals surface area contributed by atoms with Crippen LogP contribution in [0.25, 0.3) is 0 Å². The zero-order valence-electron chi connectivity index (χ0n) is 11.4. The smallest absolute Gasteiger partial charge is 0.247 e. The van der Waals surface area contributed by atoms with Gasteiger partial charge < -0.3 is 4.90 Å². The van der Waals surface area contributed by atoms with Crippen LogP contribution >= 0.6 is 0 Å². The van der Waals surface area contributed by atoms with Crippen molar-refractivity contribution in [3.63, 3.8) is 0 Å². The molecular formula is C13H18N6O. The largest absolute Gasteiger partial charge is 0.341 e. The van der Waals surface area contributed by atoms with Gasteiger partial charge in [0.05, 0.1) is 0 Å². The average molecular weight is 274 g/mol. The molecule has 0 aromatic carbocycles. The van der Waals surface area contributed by atoms with Crippen LogP contribution in [-0.4, -0.2) is 48.9 Å². The molecule has 0 aliphatic carbocycles. The highest BCUT2D eigenvalue weighted by Crippen LogP contribution is 2.26. The highest BCUT2D eigenvalue weighted by Gasteiger charge is 2.28. The Labute approximate surface area is 117 Å². The second-order valence-corrected chi connectivity index (χ2v) is 5.13. The van der Waals surface area contributed by atoms with E-state index in [4.69, 9.17) is 0 Å². The van der Waals surface area contributed by atoms with Gasteiger partial charge in [0.25, 0.3) is 0 Å². The summed E-state index contributed by atoms with van der Waals surface area (Å²) < 4.78 is 1.70. The molecule has 106 valence electrons. The predicted octanol–water partition coefficient (Wildman–Crippen LogP) is 0.968. The Morgan fingerprint density at radius 2 is 2.25 bits per heavy atom. The first-order chi connectivity index (χ1) is 9.75. The summed E-state index contributed by atoms with van der Waals surface area (Å²) in [7, 11) is 0. The third-order valence-corrected chi connectivity index (χ3v) is 3.91. The SMILES string of the molecule is C[C@@H](C(=O)N1CCC(c2ncn[nH]2)CC1)n1cccn1. The van der Waals surface area contributed by atoms with Crippen molar-refractivity contribution >= 4 is 5.91 Å². The van der Waals surface area contributed by atoms with Crippen molar-refractivity contribution in [2.75, 3.05) is 13.1 Å². The van der Waals surface area contributed by atoms with Gasteiger partial charge in [-0.05, 0) is 25.8 Å². The summed E-state index contributed by atoms with van der Waals surface area (Å²) in [6.07, 6.45) is 6.90. The van der Waals surface area contributed by atoms with Gasteiger partial charge in [0.2, 0.25) is 5.91 Å². The number of carbonyl (C=O) groups is 1. The quantitative estimate of drug-likeness (QED) is 0.904. The minimum atomic E-state index is -0.244. The fourth-order valence-corrected chi connectivity index (χ4v) is 2.67. The predicted molar refractivity (Wildman–Crippen MR) is 71.9 cm³/mol. The van der Waals surface area contributed by atoms with E-state index in [2.05, 4.69) is 20.3 Å². The molecule has 0 saturated carbocycles. The van der Waals surface area contributed by atoms with E-state index in [1.54, 1.807) is 10.9 Å². The highest BCUT2D eigenvalue weighted by molar-refractivity contribution is 5.80. The lowest BCUT2D eigenvalue weighted by molar-refractivity contribution is -0.135. The number of carbonyl (C=O) groups excluding carboxylic acids is 1. The molecule has 1 amide bonds. The van der Waals surface area contributed by atoms with Gasteiger partial charge in [-0.25, -0.2) is 4.98 Å². The number of piperidine rings is 1. The fourth-order valence-electron chi connectivity index (χ4n) is 2.67. The molecule has 3 heterocycles. The molecule has 1 atom stereocenters. The molecular weight excluding hydrogens is 256 g/mol. The van der Waals surface area contributed by atoms with Crippen LogP contribution in [-0.2, 0) is 4.79 Å². The number of rotatable bonds is 3. The van der Waals surface area contributed by atoms with Gasteiger partial charge >= 0.3 is 0 Å². The number of hydrogen-bond donors (Lipinski definition) is 1. The van der Waals surface area contributed by atoms with E-state index >= 15 is 0 Å². The molecule has 3 rings (SSSR count). The molecule has 7 heteroatoms. The Kier molecular flexibility index (Phi) is 3.49. The third kappa shape index (κ3) is 2.43. The van der Waals surface area contributed by atoms with Crippen molar-refractivity contribution in [1.82, 2.24) is 29.9 Å². The van der Waals surface area contributed by atoms with Gasteiger partial charge in [-0.2, -0.15) is 10.2 Å². The van der Waals surface area contributed by atoms with Crippen LogP contribution in [0.1, 0.15) is 37.5 Å². The molecule has 1 fully saturated rings. The van der Waals surface area contributed by atoms with Gasteiger partial charge in [-0.3, -0.25) is 14.6 Å².